The molecule has 20 heavy (non-hydrogen) atoms. The molecule has 2 fully saturated rings. The average Bonchev–Trinajstić information content (AvgIpc) is 3.14. The fourth-order valence-electron chi connectivity index (χ4n) is 3.88. The number of fused-ring (bicyclic) bond motifs is 2. The lowest BCUT2D eigenvalue weighted by Crippen LogP contribution is -2.09. The Labute approximate surface area is 117 Å². The molecule has 104 valence electrons. The van der Waals surface area contributed by atoms with E-state index in [1.54, 1.807) is 6.07 Å². The van der Waals surface area contributed by atoms with Gasteiger partial charge in [0.15, 0.2) is 5.82 Å². The lowest BCUT2D eigenvalue weighted by molar-refractivity contribution is 0.371. The molecule has 0 amide bonds. The van der Waals surface area contributed by atoms with Crippen molar-refractivity contribution in [3.05, 3.63) is 29.6 Å². The van der Waals surface area contributed by atoms with Gasteiger partial charge in [-0.15, -0.1) is 0 Å². The SMILES string of the molecule is Cc1ccc(-c2nc(C3CC4CCC3C4)no2)c(O)c1. The number of aromatic hydroxyl groups is 1. The van der Waals surface area contributed by atoms with Gasteiger partial charge in [-0.25, -0.2) is 0 Å². The highest BCUT2D eigenvalue weighted by Crippen LogP contribution is 2.52. The smallest absolute Gasteiger partial charge is 0.261 e. The van der Waals surface area contributed by atoms with E-state index in [0.717, 1.165) is 23.2 Å². The van der Waals surface area contributed by atoms with Gasteiger partial charge in [0.05, 0.1) is 5.56 Å². The van der Waals surface area contributed by atoms with Crippen molar-refractivity contribution in [2.75, 3.05) is 0 Å². The maximum absolute atomic E-state index is 10.00. The van der Waals surface area contributed by atoms with Crippen molar-refractivity contribution < 1.29 is 9.63 Å². The summed E-state index contributed by atoms with van der Waals surface area (Å²) in [5.74, 6) is 3.51. The van der Waals surface area contributed by atoms with Gasteiger partial charge in [0.25, 0.3) is 5.89 Å². The summed E-state index contributed by atoms with van der Waals surface area (Å²) in [6.45, 7) is 1.94. The average molecular weight is 270 g/mol. The van der Waals surface area contributed by atoms with Crippen molar-refractivity contribution in [2.45, 2.75) is 38.5 Å². The minimum Gasteiger partial charge on any atom is -0.507 e. The van der Waals surface area contributed by atoms with Crippen LogP contribution in [0, 0.1) is 18.8 Å². The van der Waals surface area contributed by atoms with E-state index in [2.05, 4.69) is 10.1 Å². The molecule has 2 aliphatic rings. The van der Waals surface area contributed by atoms with Crippen LogP contribution in [0.1, 0.15) is 43.0 Å². The Morgan fingerprint density at radius 1 is 1.25 bits per heavy atom. The summed E-state index contributed by atoms with van der Waals surface area (Å²) in [6.07, 6.45) is 5.19. The molecule has 2 aliphatic carbocycles. The lowest BCUT2D eigenvalue weighted by atomic mass is 9.88. The normalized spacial score (nSPS) is 28.1. The van der Waals surface area contributed by atoms with Crippen molar-refractivity contribution in [1.29, 1.82) is 0 Å². The summed E-state index contributed by atoms with van der Waals surface area (Å²) in [6, 6.07) is 5.50. The third-order valence-corrected chi connectivity index (χ3v) is 4.90. The molecule has 1 aromatic carbocycles. The number of phenols is 1. The molecule has 2 bridgehead atoms. The Balaban J connectivity index is 1.65. The molecule has 4 rings (SSSR count). The van der Waals surface area contributed by atoms with Gasteiger partial charge < -0.3 is 9.63 Å². The molecule has 0 saturated heterocycles. The highest BCUT2D eigenvalue weighted by Gasteiger charge is 2.42. The number of aryl methyl sites for hydroxylation is 1. The minimum absolute atomic E-state index is 0.202. The van der Waals surface area contributed by atoms with Gasteiger partial charge in [-0.3, -0.25) is 0 Å². The van der Waals surface area contributed by atoms with E-state index in [9.17, 15) is 5.11 Å². The number of hydrogen-bond acceptors (Lipinski definition) is 4. The van der Waals surface area contributed by atoms with Crippen LogP contribution < -0.4 is 0 Å². The Bertz CT molecular complexity index is 650. The first kappa shape index (κ1) is 11.9. The monoisotopic (exact) mass is 270 g/mol. The summed E-state index contributed by atoms with van der Waals surface area (Å²) in [4.78, 5) is 4.53. The first-order chi connectivity index (χ1) is 9.70. The van der Waals surface area contributed by atoms with Crippen LogP contribution in [0.3, 0.4) is 0 Å². The Kier molecular flexibility index (Phi) is 2.59. The van der Waals surface area contributed by atoms with Gasteiger partial charge in [-0.05, 0) is 55.7 Å². The molecule has 0 spiro atoms. The van der Waals surface area contributed by atoms with Crippen molar-refractivity contribution in [3.63, 3.8) is 0 Å². The molecule has 1 heterocycles. The quantitative estimate of drug-likeness (QED) is 0.904. The third-order valence-electron chi connectivity index (χ3n) is 4.90. The minimum atomic E-state index is 0.202. The van der Waals surface area contributed by atoms with E-state index in [0.29, 0.717) is 17.4 Å². The molecule has 0 aliphatic heterocycles. The second-order valence-corrected chi connectivity index (χ2v) is 6.26. The molecule has 2 saturated carbocycles. The summed E-state index contributed by atoms with van der Waals surface area (Å²) in [5, 5.41) is 14.2. The molecule has 3 atom stereocenters. The molecule has 4 nitrogen and oxygen atoms in total. The number of phenolic OH excluding ortho intramolecular Hbond substituents is 1. The molecule has 3 unspecified atom stereocenters. The van der Waals surface area contributed by atoms with Gasteiger partial charge in [-0.1, -0.05) is 17.6 Å². The van der Waals surface area contributed by atoms with Gasteiger partial charge in [0, 0.05) is 5.92 Å². The topological polar surface area (TPSA) is 59.2 Å². The number of hydrogen-bond donors (Lipinski definition) is 1. The number of nitrogens with zero attached hydrogens (tertiary/aromatic N) is 2. The van der Waals surface area contributed by atoms with Crippen molar-refractivity contribution >= 4 is 0 Å². The molecular formula is C16H18N2O2. The van der Waals surface area contributed by atoms with E-state index >= 15 is 0 Å². The van der Waals surface area contributed by atoms with Crippen LogP contribution in [0.15, 0.2) is 22.7 Å². The molecular weight excluding hydrogens is 252 g/mol. The van der Waals surface area contributed by atoms with Crippen LogP contribution >= 0.6 is 0 Å². The predicted octanol–water partition coefficient (Wildman–Crippen LogP) is 3.65. The maximum Gasteiger partial charge on any atom is 0.261 e. The summed E-state index contributed by atoms with van der Waals surface area (Å²) in [5.41, 5.74) is 1.64. The molecule has 4 heteroatoms. The fourth-order valence-corrected chi connectivity index (χ4v) is 3.88. The van der Waals surface area contributed by atoms with E-state index in [4.69, 9.17) is 4.52 Å². The zero-order valence-electron chi connectivity index (χ0n) is 11.5. The lowest BCUT2D eigenvalue weighted by Gasteiger charge is -2.17. The van der Waals surface area contributed by atoms with Crippen LogP contribution in [0.25, 0.3) is 11.5 Å². The largest absolute Gasteiger partial charge is 0.507 e. The van der Waals surface area contributed by atoms with Crippen LogP contribution in [0.5, 0.6) is 5.75 Å². The van der Waals surface area contributed by atoms with Crippen LogP contribution in [-0.2, 0) is 0 Å². The van der Waals surface area contributed by atoms with Gasteiger partial charge in [0.1, 0.15) is 5.75 Å². The second-order valence-electron chi connectivity index (χ2n) is 6.26. The molecule has 1 aromatic heterocycles. The summed E-state index contributed by atoms with van der Waals surface area (Å²) in [7, 11) is 0. The fraction of sp³-hybridized carbons (Fsp3) is 0.500. The van der Waals surface area contributed by atoms with Gasteiger partial charge in [-0.2, -0.15) is 4.98 Å². The van der Waals surface area contributed by atoms with Gasteiger partial charge in [0.2, 0.25) is 0 Å². The predicted molar refractivity (Wildman–Crippen MR) is 74.3 cm³/mol. The highest BCUT2D eigenvalue weighted by atomic mass is 16.5. The standard InChI is InChI=1S/C16H18N2O2/c1-9-2-5-12(14(19)6-9)16-17-15(18-20-16)13-8-10-3-4-11(13)7-10/h2,5-6,10-11,13,19H,3-4,7-8H2,1H3. The van der Waals surface area contributed by atoms with Crippen molar-refractivity contribution in [2.24, 2.45) is 11.8 Å². The molecule has 2 aromatic rings. The number of rotatable bonds is 2. The van der Waals surface area contributed by atoms with E-state index in [1.807, 2.05) is 19.1 Å². The molecule has 0 radical (unpaired) electrons. The number of aromatic nitrogens is 2. The summed E-state index contributed by atoms with van der Waals surface area (Å²) >= 11 is 0. The third kappa shape index (κ3) is 1.82. The van der Waals surface area contributed by atoms with Crippen LogP contribution in [-0.4, -0.2) is 15.2 Å². The zero-order valence-corrected chi connectivity index (χ0v) is 11.5. The Morgan fingerprint density at radius 3 is 2.85 bits per heavy atom. The van der Waals surface area contributed by atoms with Crippen molar-refractivity contribution in [1.82, 2.24) is 10.1 Å². The first-order valence-electron chi connectivity index (χ1n) is 7.34. The van der Waals surface area contributed by atoms with Gasteiger partial charge >= 0.3 is 0 Å². The first-order valence-corrected chi connectivity index (χ1v) is 7.34. The highest BCUT2D eigenvalue weighted by molar-refractivity contribution is 5.62. The van der Waals surface area contributed by atoms with E-state index in [-0.39, 0.29) is 5.75 Å². The summed E-state index contributed by atoms with van der Waals surface area (Å²) < 4.78 is 5.37. The zero-order chi connectivity index (χ0) is 13.7. The Hall–Kier alpha value is -1.84. The van der Waals surface area contributed by atoms with Crippen LogP contribution in [0.4, 0.5) is 0 Å². The molecule has 1 N–H and O–H groups in total. The Morgan fingerprint density at radius 2 is 2.15 bits per heavy atom. The van der Waals surface area contributed by atoms with E-state index < -0.39 is 0 Å². The van der Waals surface area contributed by atoms with E-state index in [1.165, 1.54) is 25.7 Å². The van der Waals surface area contributed by atoms with Crippen molar-refractivity contribution in [3.8, 4) is 17.2 Å². The maximum atomic E-state index is 10.00. The number of benzene rings is 1. The van der Waals surface area contributed by atoms with Crippen LogP contribution in [0.2, 0.25) is 0 Å². The second kappa shape index (κ2) is 4.33.